The number of nitrogens with one attached hydrogen (secondary N) is 1. The first kappa shape index (κ1) is 36.2. The van der Waals surface area contributed by atoms with Crippen molar-refractivity contribution < 1.29 is 49.0 Å². The van der Waals surface area contributed by atoms with Crippen molar-refractivity contribution in [2.75, 3.05) is 7.11 Å². The van der Waals surface area contributed by atoms with Crippen LogP contribution in [-0.2, 0) is 15.9 Å². The molecule has 1 amide bonds. The van der Waals surface area contributed by atoms with E-state index in [1.807, 2.05) is 0 Å². The molecular weight excluding hydrogens is 681 g/mol. The molecular formula is C34H35Cl2N3O10. The molecule has 0 saturated carbocycles. The number of halogens is 2. The van der Waals surface area contributed by atoms with Gasteiger partial charge in [-0.15, -0.1) is 12.4 Å². The number of hydrogen-bond acceptors (Lipinski definition) is 12. The summed E-state index contributed by atoms with van der Waals surface area (Å²) in [6.45, 7) is 3.07. The number of nitrogens with two attached hydrogens (primary N) is 1. The van der Waals surface area contributed by atoms with Gasteiger partial charge in [0, 0.05) is 52.6 Å². The number of carbonyl (C=O) groups is 3. The van der Waals surface area contributed by atoms with Crippen molar-refractivity contribution in [1.29, 1.82) is 0 Å². The fraction of sp³-hybridized carbons (Fsp3) is 0.353. The molecule has 1 aliphatic heterocycles. The molecule has 1 heterocycles. The van der Waals surface area contributed by atoms with E-state index < -0.39 is 76.3 Å². The van der Waals surface area contributed by atoms with Gasteiger partial charge in [-0.2, -0.15) is 5.10 Å². The lowest BCUT2D eigenvalue weighted by atomic mass is 9.71. The molecule has 13 nitrogen and oxygen atoms in total. The molecule has 0 spiro atoms. The number of benzene rings is 3. The molecule has 49 heavy (non-hydrogen) atoms. The molecule has 1 fully saturated rings. The van der Waals surface area contributed by atoms with Crippen LogP contribution in [-0.4, -0.2) is 80.9 Å². The maximum atomic E-state index is 13.9. The van der Waals surface area contributed by atoms with Crippen molar-refractivity contribution in [3.63, 3.8) is 0 Å². The van der Waals surface area contributed by atoms with E-state index in [2.05, 4.69) is 10.5 Å². The molecule has 260 valence electrons. The van der Waals surface area contributed by atoms with Crippen LogP contribution in [0.4, 0.5) is 0 Å². The Morgan fingerprint density at radius 1 is 1.08 bits per heavy atom. The van der Waals surface area contributed by atoms with Gasteiger partial charge >= 0.3 is 0 Å². The topological polar surface area (TPSA) is 210 Å². The Labute approximate surface area is 292 Å². The van der Waals surface area contributed by atoms with Crippen LogP contribution in [0.3, 0.4) is 0 Å². The van der Waals surface area contributed by atoms with Crippen LogP contribution in [0.5, 0.6) is 17.2 Å². The molecule has 15 heteroatoms. The molecule has 3 aromatic rings. The number of hydrazone groups is 1. The van der Waals surface area contributed by atoms with Gasteiger partial charge in [-0.05, 0) is 44.2 Å². The summed E-state index contributed by atoms with van der Waals surface area (Å²) < 4.78 is 17.5. The van der Waals surface area contributed by atoms with E-state index in [9.17, 15) is 34.8 Å². The number of methoxy groups -OCH3 is 1. The van der Waals surface area contributed by atoms with Crippen LogP contribution in [0.15, 0.2) is 47.6 Å². The van der Waals surface area contributed by atoms with Gasteiger partial charge in [0.15, 0.2) is 12.1 Å². The molecule has 0 radical (unpaired) electrons. The number of phenolic OH excluding ortho intramolecular Hbond substituents is 2. The molecule has 0 aromatic heterocycles. The third kappa shape index (κ3) is 6.27. The molecule has 1 saturated heterocycles. The van der Waals surface area contributed by atoms with Gasteiger partial charge in [0.1, 0.15) is 22.8 Å². The van der Waals surface area contributed by atoms with E-state index in [1.165, 1.54) is 56.5 Å². The summed E-state index contributed by atoms with van der Waals surface area (Å²) in [4.78, 5) is 40.5. The number of ether oxygens (including phenoxy) is 3. The summed E-state index contributed by atoms with van der Waals surface area (Å²) in [6.07, 6.45) is -4.60. The predicted molar refractivity (Wildman–Crippen MR) is 179 cm³/mol. The Balaban J connectivity index is 0.00000468. The second-order valence-corrected chi connectivity index (χ2v) is 12.7. The highest BCUT2D eigenvalue weighted by Crippen LogP contribution is 2.52. The predicted octanol–water partition coefficient (Wildman–Crippen LogP) is 3.32. The first-order valence-corrected chi connectivity index (χ1v) is 15.6. The summed E-state index contributed by atoms with van der Waals surface area (Å²) in [5.74, 6) is -3.19. The minimum absolute atomic E-state index is 0. The maximum absolute atomic E-state index is 13.9. The molecule has 7 N–H and O–H groups in total. The molecule has 3 aromatic carbocycles. The normalized spacial score (nSPS) is 26.2. The molecule has 6 atom stereocenters. The van der Waals surface area contributed by atoms with E-state index in [0.29, 0.717) is 5.02 Å². The lowest BCUT2D eigenvalue weighted by Gasteiger charge is -2.42. The number of aliphatic hydroxyl groups excluding tert-OH is 1. The highest BCUT2D eigenvalue weighted by atomic mass is 35.5. The van der Waals surface area contributed by atoms with Gasteiger partial charge in [0.25, 0.3) is 5.91 Å². The zero-order valence-electron chi connectivity index (χ0n) is 26.6. The minimum Gasteiger partial charge on any atom is -0.507 e. The van der Waals surface area contributed by atoms with Gasteiger partial charge in [-0.3, -0.25) is 14.4 Å². The van der Waals surface area contributed by atoms with Crippen LogP contribution in [0, 0.1) is 0 Å². The summed E-state index contributed by atoms with van der Waals surface area (Å²) in [5, 5.41) is 50.4. The van der Waals surface area contributed by atoms with Crippen molar-refractivity contribution in [3.8, 4) is 17.2 Å². The Hall–Kier alpha value is -4.08. The Morgan fingerprint density at radius 2 is 1.76 bits per heavy atom. The van der Waals surface area contributed by atoms with Gasteiger partial charge in [0.05, 0.1) is 47.8 Å². The highest BCUT2D eigenvalue weighted by molar-refractivity contribution is 6.31. The fourth-order valence-electron chi connectivity index (χ4n) is 6.57. The van der Waals surface area contributed by atoms with Crippen LogP contribution < -0.4 is 15.9 Å². The molecule has 6 rings (SSSR count). The van der Waals surface area contributed by atoms with Crippen molar-refractivity contribution >= 4 is 47.2 Å². The average Bonchev–Trinajstić information content (AvgIpc) is 3.06. The monoisotopic (exact) mass is 715 g/mol. The van der Waals surface area contributed by atoms with E-state index >= 15 is 0 Å². The second kappa shape index (κ2) is 13.7. The highest BCUT2D eigenvalue weighted by Gasteiger charge is 2.49. The number of rotatable bonds is 6. The molecule has 0 bridgehead atoms. The molecule has 0 unspecified atom stereocenters. The number of aliphatic hydroxyl groups is 2. The number of fused-ring (bicyclic) bond motifs is 3. The molecule has 3 aliphatic rings. The van der Waals surface area contributed by atoms with Crippen LogP contribution in [0.25, 0.3) is 0 Å². The van der Waals surface area contributed by atoms with Gasteiger partial charge in [-0.1, -0.05) is 23.7 Å². The zero-order chi connectivity index (χ0) is 34.7. The molecule has 2 aliphatic carbocycles. The number of ketones is 2. The zero-order valence-corrected chi connectivity index (χ0v) is 28.2. The lowest BCUT2D eigenvalue weighted by Crippen LogP contribution is -2.52. The van der Waals surface area contributed by atoms with Crippen LogP contribution in [0.1, 0.15) is 86.1 Å². The minimum atomic E-state index is -1.91. The first-order chi connectivity index (χ1) is 22.7. The standard InChI is InChI=1S/C34H34ClN3O10.ClH/c1-14-28(39)20(36)11-23(47-14)48-22-13-34(45,15(2)37-38-33(44)16-7-9-17(35)10-8-16)12-19-25(22)32(43)27-26(30(19)41)29(40)18-5-4-6-21(46-3)24(18)31(27)42;/h4-10,14,20,22-23,28,39,41,43,45H,11-13,36H2,1-3H3,(H,38,44);1H/b37-15+;/t14-,20-,22-,23-,28+,34-;/m0./s1. The summed E-state index contributed by atoms with van der Waals surface area (Å²) >= 11 is 5.92. The Bertz CT molecular complexity index is 1860. The van der Waals surface area contributed by atoms with E-state index in [1.54, 1.807) is 6.92 Å². The van der Waals surface area contributed by atoms with Crippen molar-refractivity contribution in [1.82, 2.24) is 5.43 Å². The second-order valence-electron chi connectivity index (χ2n) is 12.2. The third-order valence-electron chi connectivity index (χ3n) is 9.25. The van der Waals surface area contributed by atoms with Crippen LogP contribution in [0.2, 0.25) is 5.02 Å². The summed E-state index contributed by atoms with van der Waals surface area (Å²) in [7, 11) is 1.34. The van der Waals surface area contributed by atoms with E-state index in [4.69, 9.17) is 31.5 Å². The van der Waals surface area contributed by atoms with Gasteiger partial charge < -0.3 is 40.4 Å². The Kier molecular flexibility index (Phi) is 10.1. The van der Waals surface area contributed by atoms with Gasteiger partial charge in [-0.25, -0.2) is 5.43 Å². The van der Waals surface area contributed by atoms with Crippen LogP contribution >= 0.6 is 24.0 Å². The number of carbonyl (C=O) groups excluding carboxylic acids is 3. The summed E-state index contributed by atoms with van der Waals surface area (Å²) in [5.41, 5.74) is 5.83. The lowest BCUT2D eigenvalue weighted by molar-refractivity contribution is -0.245. The number of nitrogens with zero attached hydrogens (tertiary/aromatic N) is 1. The average molecular weight is 717 g/mol. The van der Waals surface area contributed by atoms with E-state index in [0.717, 1.165) is 0 Å². The number of aromatic hydroxyl groups is 2. The SMILES string of the molecule is COc1cccc2c1C(=O)c1c(O)c3c(c(O)c1C2=O)C[C@@](O)(/C(C)=N/NC(=O)c1ccc(Cl)cc1)C[C@@H]3O[C@H]1C[C@H](N)[C@H](O)[C@H](C)O1.Cl. The third-order valence-corrected chi connectivity index (χ3v) is 9.50. The Morgan fingerprint density at radius 3 is 2.41 bits per heavy atom. The number of phenols is 2. The number of hydrogen-bond donors (Lipinski definition) is 6. The van der Waals surface area contributed by atoms with Crippen molar-refractivity contribution in [3.05, 3.63) is 86.4 Å². The summed E-state index contributed by atoms with van der Waals surface area (Å²) in [6, 6.07) is 9.80. The quantitative estimate of drug-likeness (QED) is 0.0969. The van der Waals surface area contributed by atoms with Crippen molar-refractivity contribution in [2.24, 2.45) is 10.8 Å². The smallest absolute Gasteiger partial charge is 0.271 e. The van der Waals surface area contributed by atoms with E-state index in [-0.39, 0.29) is 70.9 Å². The van der Waals surface area contributed by atoms with Gasteiger partial charge in [0.2, 0.25) is 5.78 Å². The largest absolute Gasteiger partial charge is 0.507 e. The fourth-order valence-corrected chi connectivity index (χ4v) is 6.70. The maximum Gasteiger partial charge on any atom is 0.271 e. The first-order valence-electron chi connectivity index (χ1n) is 15.2. The van der Waals surface area contributed by atoms with Crippen molar-refractivity contribution in [2.45, 2.75) is 69.4 Å². The number of amides is 1.